The van der Waals surface area contributed by atoms with Gasteiger partial charge in [-0.25, -0.2) is 4.98 Å². The fourth-order valence-electron chi connectivity index (χ4n) is 2.07. The number of anilines is 1. The number of nitrogens with one attached hydrogen (secondary N) is 2. The van der Waals surface area contributed by atoms with Crippen molar-refractivity contribution < 1.29 is 14.3 Å². The van der Waals surface area contributed by atoms with Crippen molar-refractivity contribution in [1.29, 1.82) is 0 Å². The molecule has 0 saturated carbocycles. The highest BCUT2D eigenvalue weighted by atomic mass is 32.1. The summed E-state index contributed by atoms with van der Waals surface area (Å²) in [7, 11) is 1.63. The van der Waals surface area contributed by atoms with Gasteiger partial charge in [-0.2, -0.15) is 0 Å². The number of amides is 2. The van der Waals surface area contributed by atoms with E-state index in [1.165, 1.54) is 18.3 Å². The van der Waals surface area contributed by atoms with Gasteiger partial charge in [0.25, 0.3) is 0 Å². The second-order valence-corrected chi connectivity index (χ2v) is 5.77. The Morgan fingerprint density at radius 3 is 2.83 bits per heavy atom. The van der Waals surface area contributed by atoms with Crippen LogP contribution in [0.5, 0.6) is 5.75 Å². The third-order valence-electron chi connectivity index (χ3n) is 3.09. The van der Waals surface area contributed by atoms with Crippen LogP contribution in [0.4, 0.5) is 5.13 Å². The van der Waals surface area contributed by atoms with E-state index in [9.17, 15) is 9.59 Å². The van der Waals surface area contributed by atoms with Crippen LogP contribution in [0.3, 0.4) is 0 Å². The highest BCUT2D eigenvalue weighted by Crippen LogP contribution is 2.17. The van der Waals surface area contributed by atoms with Crippen LogP contribution < -0.4 is 15.4 Å². The zero-order valence-electron chi connectivity index (χ0n) is 13.1. The average molecular weight is 333 g/mol. The van der Waals surface area contributed by atoms with E-state index in [1.54, 1.807) is 12.5 Å². The number of nitrogens with zero attached hydrogens (tertiary/aromatic N) is 1. The number of benzene rings is 1. The molecule has 23 heavy (non-hydrogen) atoms. The Hall–Kier alpha value is -2.41. The van der Waals surface area contributed by atoms with Crippen molar-refractivity contribution in [3.8, 4) is 5.75 Å². The SMILES string of the molecule is COc1ccccc1CCNC(=O)Cc1csc(NC(C)=O)n1. The Kier molecular flexibility index (Phi) is 6.10. The standard InChI is InChI=1S/C16H19N3O3S/c1-11(20)18-16-19-13(10-23-16)9-15(21)17-8-7-12-5-3-4-6-14(12)22-2/h3-6,10H,7-9H2,1-2H3,(H,17,21)(H,18,19,20). The molecular weight excluding hydrogens is 314 g/mol. The summed E-state index contributed by atoms with van der Waals surface area (Å²) in [6.07, 6.45) is 0.895. The van der Waals surface area contributed by atoms with Gasteiger partial charge in [-0.3, -0.25) is 9.59 Å². The number of para-hydroxylation sites is 1. The molecule has 1 aromatic carbocycles. The first-order valence-corrected chi connectivity index (χ1v) is 8.07. The Bertz CT molecular complexity index is 685. The van der Waals surface area contributed by atoms with Crippen LogP contribution in [-0.2, 0) is 22.4 Å². The van der Waals surface area contributed by atoms with Crippen LogP contribution in [0.25, 0.3) is 0 Å². The third-order valence-corrected chi connectivity index (χ3v) is 3.89. The van der Waals surface area contributed by atoms with Crippen LogP contribution in [0.15, 0.2) is 29.6 Å². The Morgan fingerprint density at radius 2 is 2.09 bits per heavy atom. The number of ether oxygens (including phenoxy) is 1. The Balaban J connectivity index is 1.79. The molecule has 0 aliphatic rings. The lowest BCUT2D eigenvalue weighted by molar-refractivity contribution is -0.120. The molecule has 0 aliphatic carbocycles. The van der Waals surface area contributed by atoms with Crippen molar-refractivity contribution in [1.82, 2.24) is 10.3 Å². The molecule has 0 unspecified atom stereocenters. The lowest BCUT2D eigenvalue weighted by atomic mass is 10.1. The highest BCUT2D eigenvalue weighted by molar-refractivity contribution is 7.13. The van der Waals surface area contributed by atoms with Crippen molar-refractivity contribution in [3.63, 3.8) is 0 Å². The number of rotatable bonds is 7. The maximum absolute atomic E-state index is 11.9. The van der Waals surface area contributed by atoms with E-state index in [0.717, 1.165) is 11.3 Å². The van der Waals surface area contributed by atoms with Crippen LogP contribution in [0.2, 0.25) is 0 Å². The number of hydrogen-bond donors (Lipinski definition) is 2. The maximum Gasteiger partial charge on any atom is 0.226 e. The minimum absolute atomic E-state index is 0.0976. The van der Waals surface area contributed by atoms with Gasteiger partial charge in [0, 0.05) is 18.8 Å². The molecule has 0 fully saturated rings. The number of thiazole rings is 1. The van der Waals surface area contributed by atoms with Crippen LogP contribution in [-0.4, -0.2) is 30.5 Å². The van der Waals surface area contributed by atoms with Crippen molar-refractivity contribution in [2.24, 2.45) is 0 Å². The molecule has 1 heterocycles. The summed E-state index contributed by atoms with van der Waals surface area (Å²) in [5.74, 6) is 0.549. The summed E-state index contributed by atoms with van der Waals surface area (Å²) >= 11 is 1.31. The highest BCUT2D eigenvalue weighted by Gasteiger charge is 2.09. The fourth-order valence-corrected chi connectivity index (χ4v) is 2.83. The molecule has 2 aromatic rings. The van der Waals surface area contributed by atoms with Crippen molar-refractivity contribution in [2.75, 3.05) is 19.0 Å². The molecule has 0 spiro atoms. The fraction of sp³-hybridized carbons (Fsp3) is 0.312. The average Bonchev–Trinajstić information content (AvgIpc) is 2.93. The van der Waals surface area contributed by atoms with E-state index in [0.29, 0.717) is 23.8 Å². The zero-order valence-corrected chi connectivity index (χ0v) is 13.9. The number of carbonyl (C=O) groups excluding carboxylic acids is 2. The molecule has 0 saturated heterocycles. The summed E-state index contributed by atoms with van der Waals surface area (Å²) in [6, 6.07) is 7.73. The van der Waals surface area contributed by atoms with Gasteiger partial charge < -0.3 is 15.4 Å². The number of hydrogen-bond acceptors (Lipinski definition) is 5. The van der Waals surface area contributed by atoms with Gasteiger partial charge in [-0.05, 0) is 18.1 Å². The minimum Gasteiger partial charge on any atom is -0.496 e. The van der Waals surface area contributed by atoms with E-state index in [4.69, 9.17) is 4.74 Å². The van der Waals surface area contributed by atoms with Crippen molar-refractivity contribution in [3.05, 3.63) is 40.9 Å². The van der Waals surface area contributed by atoms with Gasteiger partial charge in [0.2, 0.25) is 11.8 Å². The van der Waals surface area contributed by atoms with Crippen molar-refractivity contribution >= 4 is 28.3 Å². The monoisotopic (exact) mass is 333 g/mol. The molecule has 0 radical (unpaired) electrons. The van der Waals surface area contributed by atoms with E-state index in [-0.39, 0.29) is 18.2 Å². The quantitative estimate of drug-likeness (QED) is 0.812. The predicted octanol–water partition coefficient (Wildman–Crippen LogP) is 2.01. The molecule has 7 heteroatoms. The molecule has 2 amide bonds. The van der Waals surface area contributed by atoms with Gasteiger partial charge in [-0.1, -0.05) is 18.2 Å². The summed E-state index contributed by atoms with van der Waals surface area (Å²) in [6.45, 7) is 1.95. The van der Waals surface area contributed by atoms with E-state index >= 15 is 0 Å². The predicted molar refractivity (Wildman–Crippen MR) is 89.8 cm³/mol. The molecule has 1 aromatic heterocycles. The molecule has 6 nitrogen and oxygen atoms in total. The second kappa shape index (κ2) is 8.28. The smallest absolute Gasteiger partial charge is 0.226 e. The summed E-state index contributed by atoms with van der Waals surface area (Å²) < 4.78 is 5.28. The van der Waals surface area contributed by atoms with E-state index < -0.39 is 0 Å². The lowest BCUT2D eigenvalue weighted by Gasteiger charge is -2.08. The lowest BCUT2D eigenvalue weighted by Crippen LogP contribution is -2.27. The second-order valence-electron chi connectivity index (χ2n) is 4.91. The molecule has 0 atom stereocenters. The molecule has 2 N–H and O–H groups in total. The molecule has 0 bridgehead atoms. The Morgan fingerprint density at radius 1 is 1.30 bits per heavy atom. The first kappa shape index (κ1) is 17.0. The van der Waals surface area contributed by atoms with Gasteiger partial charge in [0.05, 0.1) is 19.2 Å². The van der Waals surface area contributed by atoms with Crippen LogP contribution in [0, 0.1) is 0 Å². The summed E-state index contributed by atoms with van der Waals surface area (Å²) in [5, 5.41) is 7.74. The van der Waals surface area contributed by atoms with Gasteiger partial charge in [0.1, 0.15) is 5.75 Å². The molecule has 2 rings (SSSR count). The first-order chi connectivity index (χ1) is 11.1. The largest absolute Gasteiger partial charge is 0.496 e. The third kappa shape index (κ3) is 5.37. The molecule has 122 valence electrons. The summed E-state index contributed by atoms with van der Waals surface area (Å²) in [5.41, 5.74) is 1.70. The summed E-state index contributed by atoms with van der Waals surface area (Å²) in [4.78, 5) is 27.1. The van der Waals surface area contributed by atoms with Crippen LogP contribution in [0.1, 0.15) is 18.2 Å². The minimum atomic E-state index is -0.174. The number of aromatic nitrogens is 1. The van der Waals surface area contributed by atoms with Gasteiger partial charge in [-0.15, -0.1) is 11.3 Å². The van der Waals surface area contributed by atoms with Crippen molar-refractivity contribution in [2.45, 2.75) is 19.8 Å². The number of carbonyl (C=O) groups is 2. The molecular formula is C16H19N3O3S. The van der Waals surface area contributed by atoms with Gasteiger partial charge >= 0.3 is 0 Å². The normalized spacial score (nSPS) is 10.2. The van der Waals surface area contributed by atoms with Gasteiger partial charge in [0.15, 0.2) is 5.13 Å². The first-order valence-electron chi connectivity index (χ1n) is 7.19. The zero-order chi connectivity index (χ0) is 16.7. The van der Waals surface area contributed by atoms with E-state index in [1.807, 2.05) is 24.3 Å². The Labute approximate surface area is 138 Å². The number of methoxy groups -OCH3 is 1. The maximum atomic E-state index is 11.9. The van der Waals surface area contributed by atoms with Crippen LogP contribution >= 0.6 is 11.3 Å². The molecule has 0 aliphatic heterocycles. The van der Waals surface area contributed by atoms with E-state index in [2.05, 4.69) is 15.6 Å². The topological polar surface area (TPSA) is 80.3 Å².